The summed E-state index contributed by atoms with van der Waals surface area (Å²) in [6, 6.07) is 5.05. The Morgan fingerprint density at radius 3 is 3.00 bits per heavy atom. The van der Waals surface area contributed by atoms with E-state index in [0.717, 1.165) is 4.47 Å². The zero-order valence-electron chi connectivity index (χ0n) is 9.05. The number of methoxy groups -OCH3 is 1. The van der Waals surface area contributed by atoms with Crippen molar-refractivity contribution in [3.05, 3.63) is 41.4 Å². The Hall–Kier alpha value is -1.82. The molecule has 0 bridgehead atoms. The highest BCUT2D eigenvalue weighted by Crippen LogP contribution is 2.27. The van der Waals surface area contributed by atoms with Crippen LogP contribution in [0.4, 0.5) is 10.5 Å². The molecule has 0 aliphatic carbocycles. The van der Waals surface area contributed by atoms with Gasteiger partial charge >= 0.3 is 6.03 Å². The molecule has 0 atom stereocenters. The van der Waals surface area contributed by atoms with Gasteiger partial charge in [-0.2, -0.15) is 0 Å². The van der Waals surface area contributed by atoms with Crippen molar-refractivity contribution < 1.29 is 9.53 Å². The van der Waals surface area contributed by atoms with E-state index in [1.807, 2.05) is 6.07 Å². The van der Waals surface area contributed by atoms with Crippen LogP contribution in [-0.2, 0) is 0 Å². The van der Waals surface area contributed by atoms with Crippen LogP contribution in [0.2, 0.25) is 0 Å². The lowest BCUT2D eigenvalue weighted by atomic mass is 10.3. The molecule has 1 aromatic carbocycles. The zero-order valence-corrected chi connectivity index (χ0v) is 10.6. The monoisotopic (exact) mass is 295 g/mol. The number of amides is 1. The first-order valence-electron chi connectivity index (χ1n) is 4.83. The Balaban J connectivity index is 2.16. The summed E-state index contributed by atoms with van der Waals surface area (Å²) < 4.78 is 7.33. The molecule has 1 aromatic heterocycles. The van der Waals surface area contributed by atoms with E-state index in [1.165, 1.54) is 10.9 Å². The average molecular weight is 296 g/mol. The molecule has 0 aliphatic heterocycles. The Morgan fingerprint density at radius 2 is 2.35 bits per heavy atom. The van der Waals surface area contributed by atoms with Crippen LogP contribution in [0.3, 0.4) is 0 Å². The first-order valence-corrected chi connectivity index (χ1v) is 5.63. The molecular formula is C11H10BrN3O2. The van der Waals surface area contributed by atoms with Crippen molar-refractivity contribution in [2.24, 2.45) is 0 Å². The average Bonchev–Trinajstić information content (AvgIpc) is 2.85. The van der Waals surface area contributed by atoms with E-state index >= 15 is 0 Å². The second-order valence-corrected chi connectivity index (χ2v) is 4.10. The minimum absolute atomic E-state index is 0.271. The van der Waals surface area contributed by atoms with Crippen molar-refractivity contribution >= 4 is 27.6 Å². The van der Waals surface area contributed by atoms with E-state index in [-0.39, 0.29) is 6.03 Å². The fourth-order valence-electron chi connectivity index (χ4n) is 1.30. The van der Waals surface area contributed by atoms with Crippen molar-refractivity contribution in [1.82, 2.24) is 9.55 Å². The quantitative estimate of drug-likeness (QED) is 0.927. The van der Waals surface area contributed by atoms with Gasteiger partial charge in [0.25, 0.3) is 0 Å². The number of halogens is 1. The van der Waals surface area contributed by atoms with E-state index < -0.39 is 0 Å². The van der Waals surface area contributed by atoms with E-state index in [9.17, 15) is 4.79 Å². The molecule has 6 heteroatoms. The molecule has 0 saturated carbocycles. The molecular weight excluding hydrogens is 286 g/mol. The van der Waals surface area contributed by atoms with Crippen LogP contribution in [0.1, 0.15) is 0 Å². The molecule has 1 amide bonds. The molecule has 1 heterocycles. The molecule has 1 N–H and O–H groups in total. The first-order chi connectivity index (χ1) is 8.20. The predicted molar refractivity (Wildman–Crippen MR) is 67.3 cm³/mol. The Bertz CT molecular complexity index is 526. The lowest BCUT2D eigenvalue weighted by Gasteiger charge is -2.08. The van der Waals surface area contributed by atoms with Crippen molar-refractivity contribution in [2.45, 2.75) is 0 Å². The fraction of sp³-hybridized carbons (Fsp3) is 0.0909. The second kappa shape index (κ2) is 5.01. The molecule has 2 aromatic rings. The van der Waals surface area contributed by atoms with Crippen LogP contribution in [0.25, 0.3) is 0 Å². The highest BCUT2D eigenvalue weighted by atomic mass is 79.9. The Kier molecular flexibility index (Phi) is 3.43. The number of benzene rings is 1. The summed E-state index contributed by atoms with van der Waals surface area (Å²) in [4.78, 5) is 15.5. The second-order valence-electron chi connectivity index (χ2n) is 3.25. The number of nitrogens with zero attached hydrogens (tertiary/aromatic N) is 2. The standard InChI is InChI=1S/C11H10BrN3O2/c1-17-10-6-8(2-3-9(10)12)14-11(16)15-5-4-13-7-15/h2-7H,1H3,(H,14,16). The van der Waals surface area contributed by atoms with Gasteiger partial charge < -0.3 is 10.1 Å². The van der Waals surface area contributed by atoms with Gasteiger partial charge in [0.15, 0.2) is 0 Å². The maximum Gasteiger partial charge on any atom is 0.331 e. The topological polar surface area (TPSA) is 56.1 Å². The van der Waals surface area contributed by atoms with Gasteiger partial charge in [-0.15, -0.1) is 0 Å². The molecule has 0 unspecified atom stereocenters. The molecule has 0 fully saturated rings. The number of carbonyl (C=O) groups is 1. The summed E-state index contributed by atoms with van der Waals surface area (Å²) in [6.07, 6.45) is 4.55. The normalized spacial score (nSPS) is 10.0. The summed E-state index contributed by atoms with van der Waals surface area (Å²) in [5.41, 5.74) is 0.656. The molecule has 17 heavy (non-hydrogen) atoms. The maximum atomic E-state index is 11.7. The van der Waals surface area contributed by atoms with Crippen LogP contribution in [-0.4, -0.2) is 22.7 Å². The van der Waals surface area contributed by atoms with Crippen LogP contribution in [0, 0.1) is 0 Å². The molecule has 0 saturated heterocycles. The summed E-state index contributed by atoms with van der Waals surface area (Å²) in [5.74, 6) is 0.661. The molecule has 5 nitrogen and oxygen atoms in total. The lowest BCUT2D eigenvalue weighted by molar-refractivity contribution is 0.253. The van der Waals surface area contributed by atoms with E-state index in [4.69, 9.17) is 4.74 Å². The summed E-state index contributed by atoms with van der Waals surface area (Å²) in [6.45, 7) is 0. The number of nitrogens with one attached hydrogen (secondary N) is 1. The van der Waals surface area contributed by atoms with Crippen LogP contribution in [0.5, 0.6) is 5.75 Å². The summed E-state index contributed by atoms with van der Waals surface area (Å²) in [5, 5.41) is 2.73. The molecule has 0 spiro atoms. The number of hydrogen-bond donors (Lipinski definition) is 1. The van der Waals surface area contributed by atoms with Crippen molar-refractivity contribution in [3.8, 4) is 5.75 Å². The van der Waals surface area contributed by atoms with Crippen molar-refractivity contribution in [1.29, 1.82) is 0 Å². The van der Waals surface area contributed by atoms with Crippen molar-refractivity contribution in [3.63, 3.8) is 0 Å². The number of rotatable bonds is 2. The number of imidazole rings is 1. The third-order valence-corrected chi connectivity index (χ3v) is 2.80. The van der Waals surface area contributed by atoms with Crippen LogP contribution in [0.15, 0.2) is 41.4 Å². The first kappa shape index (κ1) is 11.7. The van der Waals surface area contributed by atoms with Gasteiger partial charge in [-0.25, -0.2) is 9.78 Å². The SMILES string of the molecule is COc1cc(NC(=O)n2ccnc2)ccc1Br. The van der Waals surface area contributed by atoms with Gasteiger partial charge in [-0.1, -0.05) is 0 Å². The van der Waals surface area contributed by atoms with Crippen LogP contribution < -0.4 is 10.1 Å². The number of carbonyl (C=O) groups excluding carboxylic acids is 1. The number of hydrogen-bond acceptors (Lipinski definition) is 3. The third-order valence-electron chi connectivity index (χ3n) is 2.14. The highest BCUT2D eigenvalue weighted by molar-refractivity contribution is 9.10. The fourth-order valence-corrected chi connectivity index (χ4v) is 1.71. The molecule has 2 rings (SSSR count). The van der Waals surface area contributed by atoms with Crippen molar-refractivity contribution in [2.75, 3.05) is 12.4 Å². The number of aromatic nitrogens is 2. The minimum atomic E-state index is -0.271. The zero-order chi connectivity index (χ0) is 12.3. The smallest absolute Gasteiger partial charge is 0.331 e. The van der Waals surface area contributed by atoms with Gasteiger partial charge in [0.05, 0.1) is 11.6 Å². The molecule has 88 valence electrons. The molecule has 0 radical (unpaired) electrons. The van der Waals surface area contributed by atoms with Gasteiger partial charge in [0, 0.05) is 24.1 Å². The number of anilines is 1. The number of ether oxygens (including phenoxy) is 1. The Labute approximate surface area is 107 Å². The highest BCUT2D eigenvalue weighted by Gasteiger charge is 2.06. The van der Waals surface area contributed by atoms with Crippen LogP contribution >= 0.6 is 15.9 Å². The summed E-state index contributed by atoms with van der Waals surface area (Å²) >= 11 is 3.34. The Morgan fingerprint density at radius 1 is 1.53 bits per heavy atom. The van der Waals surface area contributed by atoms with E-state index in [1.54, 1.807) is 31.6 Å². The van der Waals surface area contributed by atoms with E-state index in [0.29, 0.717) is 11.4 Å². The van der Waals surface area contributed by atoms with Gasteiger partial charge in [-0.3, -0.25) is 4.57 Å². The maximum absolute atomic E-state index is 11.7. The minimum Gasteiger partial charge on any atom is -0.495 e. The van der Waals surface area contributed by atoms with Gasteiger partial charge in [0.1, 0.15) is 12.1 Å². The van der Waals surface area contributed by atoms with E-state index in [2.05, 4.69) is 26.2 Å². The summed E-state index contributed by atoms with van der Waals surface area (Å²) in [7, 11) is 1.57. The van der Waals surface area contributed by atoms with Gasteiger partial charge in [0.2, 0.25) is 0 Å². The van der Waals surface area contributed by atoms with Gasteiger partial charge in [-0.05, 0) is 28.1 Å². The molecule has 0 aliphatic rings. The predicted octanol–water partition coefficient (Wildman–Crippen LogP) is 2.73. The largest absolute Gasteiger partial charge is 0.495 e. The third kappa shape index (κ3) is 2.65. The lowest BCUT2D eigenvalue weighted by Crippen LogP contribution is -2.17.